The lowest BCUT2D eigenvalue weighted by molar-refractivity contribution is -0.139. The average molecular weight is 478 g/mol. The highest BCUT2D eigenvalue weighted by atomic mass is 32.2. The minimum absolute atomic E-state index is 0.392. The molecule has 0 fully saturated rings. The van der Waals surface area contributed by atoms with Crippen molar-refractivity contribution in [1.29, 1.82) is 0 Å². The molecule has 0 saturated heterocycles. The first kappa shape index (κ1) is 24.9. The summed E-state index contributed by atoms with van der Waals surface area (Å²) in [6, 6.07) is 12.7. The third-order valence-corrected chi connectivity index (χ3v) is 6.88. The zero-order valence-electron chi connectivity index (χ0n) is 18.1. The van der Waals surface area contributed by atoms with Crippen molar-refractivity contribution in [3.63, 3.8) is 0 Å². The second kappa shape index (κ2) is 10.5. The molecule has 0 saturated carbocycles. The smallest absolute Gasteiger partial charge is 0.330 e. The maximum absolute atomic E-state index is 13.5. The number of nitrogens with zero attached hydrogens (tertiary/aromatic N) is 1. The van der Waals surface area contributed by atoms with E-state index in [1.807, 2.05) is 25.1 Å². The zero-order chi connectivity index (χ0) is 24.1. The summed E-state index contributed by atoms with van der Waals surface area (Å²) in [6.07, 6.45) is 0.286. The van der Waals surface area contributed by atoms with Gasteiger partial charge in [-0.3, -0.25) is 4.98 Å². The first-order chi connectivity index (χ1) is 15.6. The van der Waals surface area contributed by atoms with E-state index < -0.39 is 32.7 Å². The molecular formula is C24H26F3N3O2S. The highest BCUT2D eigenvalue weighted by Gasteiger charge is 2.37. The van der Waals surface area contributed by atoms with Crippen LogP contribution in [0.1, 0.15) is 42.0 Å². The Bertz CT molecular complexity index is 1200. The second-order valence-electron chi connectivity index (χ2n) is 7.77. The predicted octanol–water partition coefficient (Wildman–Crippen LogP) is 5.22. The lowest BCUT2D eigenvalue weighted by atomic mass is 9.96. The van der Waals surface area contributed by atoms with E-state index in [1.165, 1.54) is 12.1 Å². The van der Waals surface area contributed by atoms with E-state index in [4.69, 9.17) is 5.73 Å². The summed E-state index contributed by atoms with van der Waals surface area (Å²) in [5, 5.41) is 0. The topological polar surface area (TPSA) is 85.1 Å². The summed E-state index contributed by atoms with van der Waals surface area (Å²) < 4.78 is 69.0. The van der Waals surface area contributed by atoms with E-state index in [0.29, 0.717) is 31.4 Å². The summed E-state index contributed by atoms with van der Waals surface area (Å²) in [4.78, 5) is 3.30. The van der Waals surface area contributed by atoms with Crippen LogP contribution in [0.4, 0.5) is 13.2 Å². The van der Waals surface area contributed by atoms with Crippen molar-refractivity contribution < 1.29 is 21.6 Å². The Balaban J connectivity index is 2.00. The minimum Gasteiger partial charge on any atom is -0.330 e. The maximum atomic E-state index is 13.5. The Morgan fingerprint density at radius 2 is 1.82 bits per heavy atom. The summed E-state index contributed by atoms with van der Waals surface area (Å²) in [7, 11) is -4.46. The summed E-state index contributed by atoms with van der Waals surface area (Å²) >= 11 is 0. The number of sulfonamides is 1. The molecule has 176 valence electrons. The molecule has 0 aliphatic heterocycles. The van der Waals surface area contributed by atoms with Crippen LogP contribution in [0.2, 0.25) is 0 Å². The molecule has 33 heavy (non-hydrogen) atoms. The molecular weight excluding hydrogens is 451 g/mol. The molecule has 5 nitrogen and oxygen atoms in total. The average Bonchev–Trinajstić information content (AvgIpc) is 2.78. The Morgan fingerprint density at radius 1 is 1.06 bits per heavy atom. The number of rotatable bonds is 9. The lowest BCUT2D eigenvalue weighted by Gasteiger charge is -2.22. The number of alkyl halides is 3. The van der Waals surface area contributed by atoms with Crippen molar-refractivity contribution in [3.8, 4) is 11.1 Å². The Labute approximate surface area is 191 Å². The quantitative estimate of drug-likeness (QED) is 0.414. The molecule has 3 rings (SSSR count). The maximum Gasteiger partial charge on any atom is 0.417 e. The highest BCUT2D eigenvalue weighted by Crippen LogP contribution is 2.35. The molecule has 1 unspecified atom stereocenters. The number of hydrogen-bond donors (Lipinski definition) is 2. The first-order valence-corrected chi connectivity index (χ1v) is 12.0. The number of hydrogen-bond acceptors (Lipinski definition) is 4. The number of pyridine rings is 1. The van der Waals surface area contributed by atoms with Gasteiger partial charge in [0.2, 0.25) is 10.0 Å². The van der Waals surface area contributed by atoms with E-state index >= 15 is 0 Å². The van der Waals surface area contributed by atoms with Gasteiger partial charge in [0, 0.05) is 18.4 Å². The molecule has 0 aliphatic carbocycles. The monoisotopic (exact) mass is 477 g/mol. The van der Waals surface area contributed by atoms with E-state index in [1.54, 1.807) is 24.5 Å². The van der Waals surface area contributed by atoms with Crippen molar-refractivity contribution in [2.45, 2.75) is 43.3 Å². The molecule has 3 aromatic rings. The van der Waals surface area contributed by atoms with Crippen LogP contribution in [0.3, 0.4) is 0 Å². The molecule has 2 aromatic carbocycles. The fourth-order valence-corrected chi connectivity index (χ4v) is 5.18. The number of benzene rings is 2. The molecule has 0 bridgehead atoms. The van der Waals surface area contributed by atoms with Crippen LogP contribution in [-0.4, -0.2) is 19.9 Å². The number of aryl methyl sites for hydroxylation is 1. The molecule has 1 heterocycles. The zero-order valence-corrected chi connectivity index (χ0v) is 19.0. The SMILES string of the molecule is Cc1cnccc1-c1cccc(C(CCCCN)NS(=O)(=O)c2ccccc2C(F)(F)F)c1. The standard InChI is InChI=1S/C24H26F3N3O2S/c1-17-16-29-14-12-20(17)18-7-6-8-19(15-18)22(10-4-5-13-28)30-33(31,32)23-11-3-2-9-21(23)24(25,26)27/h2-3,6-9,11-12,14-16,22,30H,4-5,10,13,28H2,1H3. The minimum atomic E-state index is -4.79. The van der Waals surface area contributed by atoms with Crippen molar-refractivity contribution in [3.05, 3.63) is 83.7 Å². The number of nitrogens with two attached hydrogens (primary N) is 1. The molecule has 9 heteroatoms. The van der Waals surface area contributed by atoms with Crippen LogP contribution < -0.4 is 10.5 Å². The van der Waals surface area contributed by atoms with Gasteiger partial charge in [-0.25, -0.2) is 13.1 Å². The molecule has 0 spiro atoms. The van der Waals surface area contributed by atoms with Gasteiger partial charge in [-0.2, -0.15) is 13.2 Å². The molecule has 3 N–H and O–H groups in total. The van der Waals surface area contributed by atoms with Crippen LogP contribution in [0.5, 0.6) is 0 Å². The van der Waals surface area contributed by atoms with Gasteiger partial charge in [0.25, 0.3) is 0 Å². The van der Waals surface area contributed by atoms with Crippen LogP contribution in [0, 0.1) is 6.92 Å². The third-order valence-electron chi connectivity index (χ3n) is 5.35. The van der Waals surface area contributed by atoms with Gasteiger partial charge in [-0.05, 0) is 72.8 Å². The number of nitrogens with one attached hydrogen (secondary N) is 1. The first-order valence-electron chi connectivity index (χ1n) is 10.5. The van der Waals surface area contributed by atoms with Gasteiger partial charge < -0.3 is 5.73 Å². The van der Waals surface area contributed by atoms with E-state index in [-0.39, 0.29) is 0 Å². The highest BCUT2D eigenvalue weighted by molar-refractivity contribution is 7.89. The summed E-state index contributed by atoms with van der Waals surface area (Å²) in [6.45, 7) is 2.36. The molecule has 0 radical (unpaired) electrons. The van der Waals surface area contributed by atoms with Gasteiger partial charge >= 0.3 is 6.18 Å². The van der Waals surface area contributed by atoms with Crippen LogP contribution >= 0.6 is 0 Å². The van der Waals surface area contributed by atoms with Crippen molar-refractivity contribution in [1.82, 2.24) is 9.71 Å². The second-order valence-corrected chi connectivity index (χ2v) is 9.45. The number of unbranched alkanes of at least 4 members (excludes halogenated alkanes) is 1. The fraction of sp³-hybridized carbons (Fsp3) is 0.292. The van der Waals surface area contributed by atoms with Crippen LogP contribution in [0.15, 0.2) is 71.9 Å². The lowest BCUT2D eigenvalue weighted by Crippen LogP contribution is -2.30. The van der Waals surface area contributed by atoms with E-state index in [2.05, 4.69) is 9.71 Å². The van der Waals surface area contributed by atoms with Crippen molar-refractivity contribution >= 4 is 10.0 Å². The van der Waals surface area contributed by atoms with Gasteiger partial charge in [0.1, 0.15) is 0 Å². The summed E-state index contributed by atoms with van der Waals surface area (Å²) in [5.74, 6) is 0. The largest absolute Gasteiger partial charge is 0.417 e. The molecule has 1 atom stereocenters. The van der Waals surface area contributed by atoms with Gasteiger partial charge in [0.05, 0.1) is 10.5 Å². The summed E-state index contributed by atoms with van der Waals surface area (Å²) in [5.41, 5.74) is 7.81. The normalized spacial score (nSPS) is 13.1. The van der Waals surface area contributed by atoms with Crippen molar-refractivity contribution in [2.75, 3.05) is 6.54 Å². The Kier molecular flexibility index (Phi) is 7.88. The molecule has 0 amide bonds. The Morgan fingerprint density at radius 3 is 2.52 bits per heavy atom. The Hall–Kier alpha value is -2.75. The van der Waals surface area contributed by atoms with Gasteiger partial charge in [-0.15, -0.1) is 0 Å². The molecule has 0 aliphatic rings. The third kappa shape index (κ3) is 6.19. The van der Waals surface area contributed by atoms with Crippen LogP contribution in [0.25, 0.3) is 11.1 Å². The van der Waals surface area contributed by atoms with Crippen molar-refractivity contribution in [2.24, 2.45) is 5.73 Å². The predicted molar refractivity (Wildman–Crippen MR) is 122 cm³/mol. The van der Waals surface area contributed by atoms with E-state index in [9.17, 15) is 21.6 Å². The fourth-order valence-electron chi connectivity index (χ4n) is 3.69. The number of aromatic nitrogens is 1. The van der Waals surface area contributed by atoms with Gasteiger partial charge in [0.15, 0.2) is 0 Å². The van der Waals surface area contributed by atoms with E-state index in [0.717, 1.165) is 28.8 Å². The number of halogens is 3. The van der Waals surface area contributed by atoms with Gasteiger partial charge in [-0.1, -0.05) is 36.8 Å². The molecule has 1 aromatic heterocycles. The van der Waals surface area contributed by atoms with Crippen LogP contribution in [-0.2, 0) is 16.2 Å².